The van der Waals surface area contributed by atoms with Crippen LogP contribution < -0.4 is 15.5 Å². The number of aromatic nitrogens is 2. The maximum atomic E-state index is 12.6. The van der Waals surface area contributed by atoms with Crippen LogP contribution in [0.3, 0.4) is 0 Å². The minimum Gasteiger partial charge on any atom is -0.355 e. The van der Waals surface area contributed by atoms with Crippen LogP contribution in [0.2, 0.25) is 0 Å². The van der Waals surface area contributed by atoms with Gasteiger partial charge in [0.25, 0.3) is 5.91 Å². The van der Waals surface area contributed by atoms with Gasteiger partial charge in [0.2, 0.25) is 21.9 Å². The highest BCUT2D eigenvalue weighted by Gasteiger charge is 2.27. The Kier molecular flexibility index (Phi) is 7.90. The van der Waals surface area contributed by atoms with E-state index in [4.69, 9.17) is 0 Å². The first kappa shape index (κ1) is 22.6. The van der Waals surface area contributed by atoms with Gasteiger partial charge in [-0.3, -0.25) is 9.59 Å². The van der Waals surface area contributed by atoms with Crippen molar-refractivity contribution >= 4 is 27.8 Å². The first-order valence-electron chi connectivity index (χ1n) is 10.1. The van der Waals surface area contributed by atoms with E-state index in [0.29, 0.717) is 44.1 Å². The molecule has 1 aromatic carbocycles. The summed E-state index contributed by atoms with van der Waals surface area (Å²) in [6.45, 7) is 1.86. The number of carbonyl (C=O) groups excluding carboxylic acids is 2. The Balaban J connectivity index is 1.33. The smallest absolute Gasteiger partial charge is 0.251 e. The summed E-state index contributed by atoms with van der Waals surface area (Å²) in [5.74, 6) is -0.149. The van der Waals surface area contributed by atoms with Crippen LogP contribution in [0.5, 0.6) is 0 Å². The summed E-state index contributed by atoms with van der Waals surface area (Å²) in [7, 11) is -3.40. The van der Waals surface area contributed by atoms with Gasteiger partial charge < -0.3 is 15.5 Å². The third-order valence-corrected chi connectivity index (χ3v) is 6.77. The molecule has 2 N–H and O–H groups in total. The molecule has 0 aliphatic carbocycles. The lowest BCUT2D eigenvalue weighted by molar-refractivity contribution is -0.120. The van der Waals surface area contributed by atoms with Crippen LogP contribution in [-0.2, 0) is 14.8 Å². The summed E-state index contributed by atoms with van der Waals surface area (Å²) in [6.07, 6.45) is 3.61. The van der Waals surface area contributed by atoms with Crippen LogP contribution in [0.25, 0.3) is 0 Å². The number of hydrogen-bond donors (Lipinski definition) is 2. The van der Waals surface area contributed by atoms with Crippen LogP contribution in [-0.4, -0.2) is 79.5 Å². The zero-order valence-electron chi connectivity index (χ0n) is 17.1. The SMILES string of the molecule is O=C(CNC(=O)c1ccccc1)NCCCS(=O)(=O)N1CCN(c2ncccn2)CC1. The molecule has 1 aliphatic heterocycles. The zero-order chi connectivity index (χ0) is 22.1. The number of carbonyl (C=O) groups is 2. The van der Waals surface area contributed by atoms with E-state index in [-0.39, 0.29) is 30.7 Å². The van der Waals surface area contributed by atoms with Gasteiger partial charge in [0.1, 0.15) is 0 Å². The van der Waals surface area contributed by atoms with Crippen molar-refractivity contribution in [3.63, 3.8) is 0 Å². The summed E-state index contributed by atoms with van der Waals surface area (Å²) in [5, 5.41) is 5.17. The van der Waals surface area contributed by atoms with Crippen molar-refractivity contribution in [3.05, 3.63) is 54.4 Å². The predicted octanol–water partition coefficient (Wildman–Crippen LogP) is -0.135. The van der Waals surface area contributed by atoms with Crippen molar-refractivity contribution < 1.29 is 18.0 Å². The van der Waals surface area contributed by atoms with E-state index in [1.54, 1.807) is 48.8 Å². The van der Waals surface area contributed by atoms with Gasteiger partial charge in [0.15, 0.2) is 0 Å². The zero-order valence-corrected chi connectivity index (χ0v) is 17.9. The first-order valence-corrected chi connectivity index (χ1v) is 11.7. The second kappa shape index (κ2) is 10.8. The van der Waals surface area contributed by atoms with Gasteiger partial charge in [-0.15, -0.1) is 0 Å². The number of benzene rings is 1. The molecular formula is C20H26N6O4S. The molecule has 1 aliphatic rings. The van der Waals surface area contributed by atoms with E-state index in [9.17, 15) is 18.0 Å². The Bertz CT molecular complexity index is 964. The average Bonchev–Trinajstić information content (AvgIpc) is 2.81. The van der Waals surface area contributed by atoms with E-state index in [0.717, 1.165) is 0 Å². The average molecular weight is 447 g/mol. The number of anilines is 1. The lowest BCUT2D eigenvalue weighted by Crippen LogP contribution is -2.50. The molecule has 2 amide bonds. The van der Waals surface area contributed by atoms with Gasteiger partial charge in [-0.2, -0.15) is 4.31 Å². The van der Waals surface area contributed by atoms with Crippen LogP contribution in [0.15, 0.2) is 48.8 Å². The van der Waals surface area contributed by atoms with Crippen LogP contribution in [0, 0.1) is 0 Å². The molecule has 1 aromatic heterocycles. The van der Waals surface area contributed by atoms with Crippen LogP contribution >= 0.6 is 0 Å². The highest BCUT2D eigenvalue weighted by Crippen LogP contribution is 2.13. The molecule has 3 rings (SSSR count). The van der Waals surface area contributed by atoms with Gasteiger partial charge in [-0.05, 0) is 24.6 Å². The van der Waals surface area contributed by atoms with Gasteiger partial charge in [-0.25, -0.2) is 18.4 Å². The summed E-state index contributed by atoms with van der Waals surface area (Å²) in [4.78, 5) is 34.1. The summed E-state index contributed by atoms with van der Waals surface area (Å²) < 4.78 is 26.6. The Morgan fingerprint density at radius 1 is 0.935 bits per heavy atom. The summed E-state index contributed by atoms with van der Waals surface area (Å²) in [6, 6.07) is 10.3. The molecule has 0 atom stereocenters. The number of amides is 2. The maximum absolute atomic E-state index is 12.6. The van der Waals surface area contributed by atoms with Crippen molar-refractivity contribution in [3.8, 4) is 0 Å². The normalized spacial score (nSPS) is 14.8. The highest BCUT2D eigenvalue weighted by molar-refractivity contribution is 7.89. The van der Waals surface area contributed by atoms with E-state index < -0.39 is 10.0 Å². The lowest BCUT2D eigenvalue weighted by atomic mass is 10.2. The van der Waals surface area contributed by atoms with Crippen LogP contribution in [0.1, 0.15) is 16.8 Å². The molecule has 31 heavy (non-hydrogen) atoms. The Labute approximate surface area is 181 Å². The van der Waals surface area contributed by atoms with Crippen molar-refractivity contribution in [2.75, 3.05) is 49.9 Å². The third-order valence-electron chi connectivity index (χ3n) is 4.81. The minimum absolute atomic E-state index is 0.0501. The van der Waals surface area contributed by atoms with Gasteiger partial charge in [0.05, 0.1) is 12.3 Å². The largest absolute Gasteiger partial charge is 0.355 e. The monoisotopic (exact) mass is 446 g/mol. The van der Waals surface area contributed by atoms with Crippen molar-refractivity contribution in [2.24, 2.45) is 0 Å². The first-order chi connectivity index (χ1) is 15.0. The molecule has 0 radical (unpaired) electrons. The minimum atomic E-state index is -3.40. The number of hydrogen-bond acceptors (Lipinski definition) is 7. The van der Waals surface area contributed by atoms with Gasteiger partial charge in [-0.1, -0.05) is 18.2 Å². The fraction of sp³-hybridized carbons (Fsp3) is 0.400. The molecule has 0 unspecified atom stereocenters. The van der Waals surface area contributed by atoms with E-state index in [2.05, 4.69) is 20.6 Å². The molecule has 1 saturated heterocycles. The fourth-order valence-corrected chi connectivity index (χ4v) is 4.63. The quantitative estimate of drug-likeness (QED) is 0.514. The van der Waals surface area contributed by atoms with Crippen molar-refractivity contribution in [2.45, 2.75) is 6.42 Å². The Hall–Kier alpha value is -3.05. The number of sulfonamides is 1. The molecule has 0 spiro atoms. The second-order valence-electron chi connectivity index (χ2n) is 7.00. The van der Waals surface area contributed by atoms with Crippen molar-refractivity contribution in [1.82, 2.24) is 24.9 Å². The predicted molar refractivity (Wildman–Crippen MR) is 116 cm³/mol. The number of piperazine rings is 1. The molecule has 1 fully saturated rings. The lowest BCUT2D eigenvalue weighted by Gasteiger charge is -2.33. The Morgan fingerprint density at radius 2 is 1.61 bits per heavy atom. The third kappa shape index (κ3) is 6.72. The standard InChI is InChI=1S/C20H26N6O4S/c27-18(16-24-19(28)17-6-2-1-3-7-17)21-10-5-15-31(29,30)26-13-11-25(12-14-26)20-22-8-4-9-23-20/h1-4,6-9H,5,10-16H2,(H,21,27)(H,24,28). The molecule has 166 valence electrons. The number of rotatable bonds is 9. The van der Waals surface area contributed by atoms with E-state index >= 15 is 0 Å². The van der Waals surface area contributed by atoms with E-state index in [1.165, 1.54) is 4.31 Å². The Morgan fingerprint density at radius 3 is 2.29 bits per heavy atom. The molecule has 10 nitrogen and oxygen atoms in total. The maximum Gasteiger partial charge on any atom is 0.251 e. The topological polar surface area (TPSA) is 125 Å². The van der Waals surface area contributed by atoms with Gasteiger partial charge in [0, 0.05) is 50.7 Å². The molecular weight excluding hydrogens is 420 g/mol. The second-order valence-corrected chi connectivity index (χ2v) is 9.09. The molecule has 2 heterocycles. The van der Waals surface area contributed by atoms with Crippen molar-refractivity contribution in [1.29, 1.82) is 0 Å². The number of nitrogens with one attached hydrogen (secondary N) is 2. The molecule has 0 bridgehead atoms. The molecule has 11 heteroatoms. The molecule has 0 saturated carbocycles. The van der Waals surface area contributed by atoms with Gasteiger partial charge >= 0.3 is 0 Å². The fourth-order valence-electron chi connectivity index (χ4n) is 3.15. The number of nitrogens with zero attached hydrogens (tertiary/aromatic N) is 4. The van der Waals surface area contributed by atoms with E-state index in [1.807, 2.05) is 4.90 Å². The summed E-state index contributed by atoms with van der Waals surface area (Å²) >= 11 is 0. The highest BCUT2D eigenvalue weighted by atomic mass is 32.2. The summed E-state index contributed by atoms with van der Waals surface area (Å²) in [5.41, 5.74) is 0.473. The molecule has 2 aromatic rings. The van der Waals surface area contributed by atoms with Crippen LogP contribution in [0.4, 0.5) is 5.95 Å².